The normalized spacial score (nSPS) is 19.8. The van der Waals surface area contributed by atoms with Crippen molar-refractivity contribution in [1.82, 2.24) is 4.90 Å². The van der Waals surface area contributed by atoms with Crippen LogP contribution in [0.4, 0.5) is 5.69 Å². The Bertz CT molecular complexity index is 467. The van der Waals surface area contributed by atoms with Crippen LogP contribution in [-0.2, 0) is 6.54 Å². The van der Waals surface area contributed by atoms with Crippen molar-refractivity contribution in [1.29, 1.82) is 0 Å². The van der Waals surface area contributed by atoms with Crippen LogP contribution in [0, 0.1) is 10.1 Å². The molecule has 5 nitrogen and oxygen atoms in total. The number of benzene rings is 1. The number of hydrogen-bond donors (Lipinski definition) is 1. The van der Waals surface area contributed by atoms with E-state index in [4.69, 9.17) is 5.11 Å². The molecule has 0 aliphatic carbocycles. The number of aliphatic hydroxyl groups excluding tert-OH is 1. The molecule has 0 aromatic heterocycles. The minimum absolute atomic E-state index is 0.107. The van der Waals surface area contributed by atoms with E-state index in [9.17, 15) is 10.1 Å². The zero-order valence-corrected chi connectivity index (χ0v) is 12.2. The Labute approximate surface area is 120 Å². The molecule has 1 aromatic rings. The first kappa shape index (κ1) is 14.4. The van der Waals surface area contributed by atoms with Crippen LogP contribution in [0.1, 0.15) is 24.8 Å². The van der Waals surface area contributed by atoms with Gasteiger partial charge in [0, 0.05) is 25.3 Å². The summed E-state index contributed by atoms with van der Waals surface area (Å²) in [5, 5.41) is 20.0. The van der Waals surface area contributed by atoms with Gasteiger partial charge in [-0.25, -0.2) is 0 Å². The highest BCUT2D eigenvalue weighted by atomic mass is 79.9. The van der Waals surface area contributed by atoms with Crippen molar-refractivity contribution in [2.24, 2.45) is 0 Å². The van der Waals surface area contributed by atoms with Crippen LogP contribution in [0.15, 0.2) is 22.7 Å². The molecule has 0 amide bonds. The van der Waals surface area contributed by atoms with Gasteiger partial charge in [-0.1, -0.05) is 12.1 Å². The molecular weight excluding hydrogens is 312 g/mol. The van der Waals surface area contributed by atoms with E-state index in [1.807, 2.05) is 6.07 Å². The lowest BCUT2D eigenvalue weighted by Gasteiger charge is -2.24. The van der Waals surface area contributed by atoms with Gasteiger partial charge in [-0.3, -0.25) is 15.0 Å². The van der Waals surface area contributed by atoms with Crippen LogP contribution < -0.4 is 0 Å². The van der Waals surface area contributed by atoms with E-state index >= 15 is 0 Å². The number of nitro benzene ring substituents is 1. The topological polar surface area (TPSA) is 66.6 Å². The van der Waals surface area contributed by atoms with Crippen molar-refractivity contribution < 1.29 is 10.0 Å². The van der Waals surface area contributed by atoms with Crippen LogP contribution in [0.5, 0.6) is 0 Å². The Hall–Kier alpha value is -0.980. The Balaban J connectivity index is 2.15. The fourth-order valence-electron chi connectivity index (χ4n) is 2.63. The number of likely N-dealkylation sites (tertiary alicyclic amines) is 1. The fraction of sp³-hybridized carbons (Fsp3) is 0.538. The number of nitro groups is 1. The minimum Gasteiger partial charge on any atom is -0.396 e. The lowest BCUT2D eigenvalue weighted by molar-refractivity contribution is -0.385. The quantitative estimate of drug-likeness (QED) is 0.666. The summed E-state index contributed by atoms with van der Waals surface area (Å²) in [5.74, 6) is 0. The Morgan fingerprint density at radius 2 is 2.32 bits per heavy atom. The molecule has 1 heterocycles. The molecule has 1 aliphatic heterocycles. The van der Waals surface area contributed by atoms with Crippen molar-refractivity contribution in [2.75, 3.05) is 13.2 Å². The summed E-state index contributed by atoms with van der Waals surface area (Å²) < 4.78 is 0.564. The number of halogens is 1. The number of hydrogen-bond acceptors (Lipinski definition) is 4. The molecule has 1 atom stereocenters. The van der Waals surface area contributed by atoms with Gasteiger partial charge in [-0.2, -0.15) is 0 Å². The van der Waals surface area contributed by atoms with Crippen LogP contribution in [0.2, 0.25) is 0 Å². The van der Waals surface area contributed by atoms with Crippen LogP contribution >= 0.6 is 15.9 Å². The molecule has 1 N–H and O–H groups in total. The van der Waals surface area contributed by atoms with E-state index in [0.717, 1.165) is 31.4 Å². The van der Waals surface area contributed by atoms with E-state index in [1.165, 1.54) is 6.07 Å². The second kappa shape index (κ2) is 6.45. The highest BCUT2D eigenvalue weighted by molar-refractivity contribution is 9.10. The Morgan fingerprint density at radius 3 is 3.00 bits per heavy atom. The SMILES string of the molecule is O=[N+]([O-])c1cccc(CN2CCCC2CCO)c1Br. The maximum absolute atomic E-state index is 10.9. The molecule has 19 heavy (non-hydrogen) atoms. The van der Waals surface area contributed by atoms with E-state index in [1.54, 1.807) is 6.07 Å². The first-order chi connectivity index (χ1) is 9.13. The van der Waals surface area contributed by atoms with Crippen LogP contribution in [0.3, 0.4) is 0 Å². The molecule has 0 radical (unpaired) electrons. The third-order valence-electron chi connectivity index (χ3n) is 3.59. The third-order valence-corrected chi connectivity index (χ3v) is 4.51. The highest BCUT2D eigenvalue weighted by Crippen LogP contribution is 2.31. The summed E-state index contributed by atoms with van der Waals surface area (Å²) in [7, 11) is 0. The van der Waals surface area contributed by atoms with Gasteiger partial charge >= 0.3 is 0 Å². The standard InChI is InChI=1S/C13H17BrN2O3/c14-13-10(3-1-5-12(13)16(18)19)9-15-7-2-4-11(15)6-8-17/h1,3,5,11,17H,2,4,6-9H2. The molecular formula is C13H17BrN2O3. The molecule has 0 bridgehead atoms. The van der Waals surface area contributed by atoms with Crippen molar-refractivity contribution in [2.45, 2.75) is 31.8 Å². The van der Waals surface area contributed by atoms with Crippen molar-refractivity contribution >= 4 is 21.6 Å². The molecule has 1 fully saturated rings. The van der Waals surface area contributed by atoms with Gasteiger partial charge in [0.05, 0.1) is 9.40 Å². The zero-order chi connectivity index (χ0) is 13.8. The summed E-state index contributed by atoms with van der Waals surface area (Å²) in [6.07, 6.45) is 2.98. The average molecular weight is 329 g/mol. The summed E-state index contributed by atoms with van der Waals surface area (Å²) in [4.78, 5) is 12.8. The predicted molar refractivity (Wildman–Crippen MR) is 75.9 cm³/mol. The summed E-state index contributed by atoms with van der Waals surface area (Å²) in [6, 6.07) is 5.51. The highest BCUT2D eigenvalue weighted by Gasteiger charge is 2.25. The molecule has 1 aromatic carbocycles. The molecule has 6 heteroatoms. The van der Waals surface area contributed by atoms with Crippen molar-refractivity contribution in [3.63, 3.8) is 0 Å². The number of nitrogens with zero attached hydrogens (tertiary/aromatic N) is 2. The predicted octanol–water partition coefficient (Wildman–Crippen LogP) is 2.70. The molecule has 1 saturated heterocycles. The van der Waals surface area contributed by atoms with E-state index in [-0.39, 0.29) is 17.2 Å². The molecule has 2 rings (SSSR count). The van der Waals surface area contributed by atoms with Gasteiger partial charge in [-0.15, -0.1) is 0 Å². The molecule has 0 saturated carbocycles. The van der Waals surface area contributed by atoms with Crippen LogP contribution in [-0.4, -0.2) is 34.1 Å². The Morgan fingerprint density at radius 1 is 1.53 bits per heavy atom. The van der Waals surface area contributed by atoms with Crippen molar-refractivity contribution in [3.8, 4) is 0 Å². The maximum Gasteiger partial charge on any atom is 0.283 e. The van der Waals surface area contributed by atoms with Crippen molar-refractivity contribution in [3.05, 3.63) is 38.3 Å². The van der Waals surface area contributed by atoms with Crippen LogP contribution in [0.25, 0.3) is 0 Å². The lowest BCUT2D eigenvalue weighted by Crippen LogP contribution is -2.29. The molecule has 1 aliphatic rings. The van der Waals surface area contributed by atoms with Gasteiger partial charge in [0.2, 0.25) is 0 Å². The second-order valence-corrected chi connectivity index (χ2v) is 5.58. The largest absolute Gasteiger partial charge is 0.396 e. The van der Waals surface area contributed by atoms with Gasteiger partial charge < -0.3 is 5.11 Å². The van der Waals surface area contributed by atoms with Gasteiger partial charge in [-0.05, 0) is 47.3 Å². The summed E-state index contributed by atoms with van der Waals surface area (Å²) in [6.45, 7) is 1.87. The van der Waals surface area contributed by atoms with E-state index < -0.39 is 0 Å². The maximum atomic E-state index is 10.9. The monoisotopic (exact) mass is 328 g/mol. The fourth-order valence-corrected chi connectivity index (χ4v) is 3.16. The third kappa shape index (κ3) is 3.32. The molecule has 1 unspecified atom stereocenters. The zero-order valence-electron chi connectivity index (χ0n) is 10.6. The second-order valence-electron chi connectivity index (χ2n) is 4.79. The van der Waals surface area contributed by atoms with Gasteiger partial charge in [0.25, 0.3) is 5.69 Å². The lowest BCUT2D eigenvalue weighted by atomic mass is 10.1. The molecule has 104 valence electrons. The van der Waals surface area contributed by atoms with Gasteiger partial charge in [0.15, 0.2) is 0 Å². The van der Waals surface area contributed by atoms with E-state index in [0.29, 0.717) is 17.1 Å². The first-order valence-electron chi connectivity index (χ1n) is 6.40. The van der Waals surface area contributed by atoms with Gasteiger partial charge in [0.1, 0.15) is 0 Å². The minimum atomic E-state index is -0.372. The number of aliphatic hydroxyl groups is 1. The number of rotatable bonds is 5. The Kier molecular flexibility index (Phi) is 4.90. The summed E-state index contributed by atoms with van der Waals surface area (Å²) in [5.41, 5.74) is 1.04. The average Bonchev–Trinajstić information content (AvgIpc) is 2.79. The smallest absolute Gasteiger partial charge is 0.283 e. The van der Waals surface area contributed by atoms with E-state index in [2.05, 4.69) is 20.8 Å². The summed E-state index contributed by atoms with van der Waals surface area (Å²) >= 11 is 3.33. The molecule has 0 spiro atoms. The first-order valence-corrected chi connectivity index (χ1v) is 7.19.